The SMILES string of the molecule is Fc1cc(Cl)cc(NC(C2CC2)C2CC2)c1. The van der Waals surface area contributed by atoms with Crippen LogP contribution in [-0.2, 0) is 0 Å². The van der Waals surface area contributed by atoms with Crippen LogP contribution in [0.5, 0.6) is 0 Å². The van der Waals surface area contributed by atoms with E-state index >= 15 is 0 Å². The molecule has 0 amide bonds. The molecule has 2 aliphatic carbocycles. The molecule has 0 aromatic heterocycles. The number of hydrogen-bond acceptors (Lipinski definition) is 1. The van der Waals surface area contributed by atoms with Gasteiger partial charge in [0.25, 0.3) is 0 Å². The Morgan fingerprint density at radius 3 is 2.25 bits per heavy atom. The predicted octanol–water partition coefficient (Wildman–Crippen LogP) is 4.08. The van der Waals surface area contributed by atoms with Crippen LogP contribution in [-0.4, -0.2) is 6.04 Å². The van der Waals surface area contributed by atoms with Gasteiger partial charge in [0.2, 0.25) is 0 Å². The first-order valence-electron chi connectivity index (χ1n) is 5.95. The van der Waals surface area contributed by atoms with Crippen LogP contribution in [0.4, 0.5) is 10.1 Å². The second kappa shape index (κ2) is 3.92. The lowest BCUT2D eigenvalue weighted by atomic mass is 10.1. The summed E-state index contributed by atoms with van der Waals surface area (Å²) < 4.78 is 13.2. The molecule has 0 radical (unpaired) electrons. The summed E-state index contributed by atoms with van der Waals surface area (Å²) in [5.41, 5.74) is 0.828. The zero-order valence-electron chi connectivity index (χ0n) is 9.05. The Morgan fingerprint density at radius 1 is 1.12 bits per heavy atom. The summed E-state index contributed by atoms with van der Waals surface area (Å²) >= 11 is 5.84. The van der Waals surface area contributed by atoms with Crippen molar-refractivity contribution in [3.05, 3.63) is 29.0 Å². The third kappa shape index (κ3) is 2.32. The molecule has 1 nitrogen and oxygen atoms in total. The minimum Gasteiger partial charge on any atom is -0.382 e. The van der Waals surface area contributed by atoms with Crippen LogP contribution < -0.4 is 5.32 Å². The van der Waals surface area contributed by atoms with Crippen molar-refractivity contribution in [2.24, 2.45) is 11.8 Å². The highest BCUT2D eigenvalue weighted by Gasteiger charge is 2.41. The van der Waals surface area contributed by atoms with Crippen LogP contribution in [0.15, 0.2) is 18.2 Å². The van der Waals surface area contributed by atoms with E-state index in [2.05, 4.69) is 5.32 Å². The largest absolute Gasteiger partial charge is 0.382 e. The van der Waals surface area contributed by atoms with Crippen molar-refractivity contribution in [1.29, 1.82) is 0 Å². The van der Waals surface area contributed by atoms with E-state index in [1.165, 1.54) is 37.8 Å². The lowest BCUT2D eigenvalue weighted by Crippen LogP contribution is -2.24. The lowest BCUT2D eigenvalue weighted by molar-refractivity contribution is 0.566. The molecule has 16 heavy (non-hydrogen) atoms. The second-order valence-corrected chi connectivity index (χ2v) is 5.44. The fourth-order valence-electron chi connectivity index (χ4n) is 2.36. The Morgan fingerprint density at radius 2 is 1.75 bits per heavy atom. The van der Waals surface area contributed by atoms with Gasteiger partial charge in [-0.05, 0) is 55.7 Å². The van der Waals surface area contributed by atoms with Gasteiger partial charge in [-0.15, -0.1) is 0 Å². The van der Waals surface area contributed by atoms with Gasteiger partial charge >= 0.3 is 0 Å². The Hall–Kier alpha value is -0.760. The monoisotopic (exact) mass is 239 g/mol. The van der Waals surface area contributed by atoms with E-state index in [1.54, 1.807) is 0 Å². The normalized spacial score (nSPS) is 20.2. The number of anilines is 1. The average Bonchev–Trinajstić information content (AvgIpc) is 3.07. The molecule has 0 atom stereocenters. The molecule has 0 unspecified atom stereocenters. The van der Waals surface area contributed by atoms with Crippen LogP contribution in [0, 0.1) is 17.7 Å². The molecule has 3 rings (SSSR count). The lowest BCUT2D eigenvalue weighted by Gasteiger charge is -2.19. The minimum atomic E-state index is -0.264. The topological polar surface area (TPSA) is 12.0 Å². The standard InChI is InChI=1S/C13H15ClFN/c14-10-5-11(15)7-12(6-10)16-13(8-1-2-8)9-3-4-9/h5-9,13,16H,1-4H2. The van der Waals surface area contributed by atoms with Crippen molar-refractivity contribution < 1.29 is 4.39 Å². The Balaban J connectivity index is 1.75. The maximum absolute atomic E-state index is 13.2. The quantitative estimate of drug-likeness (QED) is 0.835. The van der Waals surface area contributed by atoms with Gasteiger partial charge in [0.1, 0.15) is 5.82 Å². The van der Waals surface area contributed by atoms with Gasteiger partial charge in [0.05, 0.1) is 0 Å². The van der Waals surface area contributed by atoms with Gasteiger partial charge in [-0.3, -0.25) is 0 Å². The van der Waals surface area contributed by atoms with Gasteiger partial charge < -0.3 is 5.32 Å². The zero-order valence-corrected chi connectivity index (χ0v) is 9.80. The fourth-order valence-corrected chi connectivity index (χ4v) is 2.58. The molecule has 0 bridgehead atoms. The predicted molar refractivity (Wildman–Crippen MR) is 64.3 cm³/mol. The van der Waals surface area contributed by atoms with Crippen molar-refractivity contribution in [2.75, 3.05) is 5.32 Å². The molecule has 2 aliphatic rings. The summed E-state index contributed by atoms with van der Waals surface area (Å²) in [6.45, 7) is 0. The Bertz CT molecular complexity index is 367. The molecule has 0 aliphatic heterocycles. The highest BCUT2D eigenvalue weighted by Crippen LogP contribution is 2.46. The fraction of sp³-hybridized carbons (Fsp3) is 0.538. The molecule has 1 N–H and O–H groups in total. The van der Waals surface area contributed by atoms with E-state index < -0.39 is 0 Å². The number of rotatable bonds is 4. The summed E-state index contributed by atoms with van der Waals surface area (Å²) in [4.78, 5) is 0. The molecule has 0 heterocycles. The summed E-state index contributed by atoms with van der Waals surface area (Å²) in [5, 5.41) is 3.93. The van der Waals surface area contributed by atoms with Crippen molar-refractivity contribution in [2.45, 2.75) is 31.7 Å². The Labute approximate surface area is 100.0 Å². The van der Waals surface area contributed by atoms with Gasteiger partial charge in [0, 0.05) is 16.8 Å². The van der Waals surface area contributed by atoms with Gasteiger partial charge in [-0.25, -0.2) is 4.39 Å². The zero-order chi connectivity index (χ0) is 11.1. The number of halogens is 2. The number of nitrogens with one attached hydrogen (secondary N) is 1. The molecule has 3 heteroatoms. The number of hydrogen-bond donors (Lipinski definition) is 1. The van der Waals surface area contributed by atoms with Gasteiger partial charge in [-0.1, -0.05) is 11.6 Å². The van der Waals surface area contributed by atoms with Crippen LogP contribution in [0.3, 0.4) is 0 Å². The van der Waals surface area contributed by atoms with Crippen molar-refractivity contribution in [3.63, 3.8) is 0 Å². The molecule has 2 fully saturated rings. The highest BCUT2D eigenvalue weighted by molar-refractivity contribution is 6.30. The van der Waals surface area contributed by atoms with Gasteiger partial charge in [-0.2, -0.15) is 0 Å². The third-order valence-electron chi connectivity index (χ3n) is 3.46. The average molecular weight is 240 g/mol. The van der Waals surface area contributed by atoms with E-state index in [1.807, 2.05) is 6.07 Å². The molecule has 2 saturated carbocycles. The van der Waals surface area contributed by atoms with Crippen molar-refractivity contribution in [1.82, 2.24) is 0 Å². The van der Waals surface area contributed by atoms with E-state index in [0.29, 0.717) is 11.1 Å². The van der Waals surface area contributed by atoms with E-state index in [0.717, 1.165) is 17.5 Å². The van der Waals surface area contributed by atoms with Crippen LogP contribution in [0.2, 0.25) is 5.02 Å². The van der Waals surface area contributed by atoms with Crippen LogP contribution in [0.1, 0.15) is 25.7 Å². The van der Waals surface area contributed by atoms with E-state index in [4.69, 9.17) is 11.6 Å². The maximum Gasteiger partial charge on any atom is 0.126 e. The maximum atomic E-state index is 13.2. The van der Waals surface area contributed by atoms with Crippen LogP contribution in [0.25, 0.3) is 0 Å². The first-order chi connectivity index (χ1) is 7.72. The molecule has 86 valence electrons. The smallest absolute Gasteiger partial charge is 0.126 e. The van der Waals surface area contributed by atoms with Gasteiger partial charge in [0.15, 0.2) is 0 Å². The third-order valence-corrected chi connectivity index (χ3v) is 3.67. The van der Waals surface area contributed by atoms with Crippen molar-refractivity contribution >= 4 is 17.3 Å². The summed E-state index contributed by atoms with van der Waals surface area (Å²) in [6, 6.07) is 5.22. The van der Waals surface area contributed by atoms with Crippen molar-refractivity contribution in [3.8, 4) is 0 Å². The highest BCUT2D eigenvalue weighted by atomic mass is 35.5. The van der Waals surface area contributed by atoms with E-state index in [9.17, 15) is 4.39 Å². The first kappa shape index (κ1) is 10.4. The second-order valence-electron chi connectivity index (χ2n) is 5.00. The first-order valence-corrected chi connectivity index (χ1v) is 6.33. The molecular weight excluding hydrogens is 225 g/mol. The molecule has 0 saturated heterocycles. The summed E-state index contributed by atoms with van der Waals surface area (Å²) in [7, 11) is 0. The minimum absolute atomic E-state index is 0.264. The molecular formula is C13H15ClFN. The van der Waals surface area contributed by atoms with E-state index in [-0.39, 0.29) is 5.82 Å². The van der Waals surface area contributed by atoms with Crippen LogP contribution >= 0.6 is 11.6 Å². The molecule has 1 aromatic carbocycles. The molecule has 1 aromatic rings. The Kier molecular flexibility index (Phi) is 2.55. The summed E-state index contributed by atoms with van der Waals surface area (Å²) in [6.07, 6.45) is 5.27. The summed E-state index contributed by atoms with van der Waals surface area (Å²) in [5.74, 6) is 1.34. The molecule has 0 spiro atoms. The number of benzene rings is 1.